The first-order valence-electron chi connectivity index (χ1n) is 7.43. The van der Waals surface area contributed by atoms with Gasteiger partial charge in [0.05, 0.1) is 12.7 Å². The number of hydrogen-bond acceptors (Lipinski definition) is 5. The molecule has 0 aliphatic heterocycles. The third kappa shape index (κ3) is 4.45. The summed E-state index contributed by atoms with van der Waals surface area (Å²) < 4.78 is 9.78. The highest BCUT2D eigenvalue weighted by molar-refractivity contribution is 5.97. The Bertz CT molecular complexity index is 624. The van der Waals surface area contributed by atoms with Gasteiger partial charge in [0.1, 0.15) is 6.04 Å². The van der Waals surface area contributed by atoms with Crippen molar-refractivity contribution in [2.45, 2.75) is 30.9 Å². The molecular weight excluding hydrogens is 316 g/mol. The SMILES string of the molecule is COC(=O)Nc1ccc(C(=O)NC(CC2(OC)CC2)C(=O)O)cc1. The summed E-state index contributed by atoms with van der Waals surface area (Å²) in [5.74, 6) is -1.60. The van der Waals surface area contributed by atoms with E-state index in [4.69, 9.17) is 4.74 Å². The van der Waals surface area contributed by atoms with Crippen LogP contribution in [0.4, 0.5) is 10.5 Å². The topological polar surface area (TPSA) is 114 Å². The highest BCUT2D eigenvalue weighted by Gasteiger charge is 2.46. The van der Waals surface area contributed by atoms with Crippen molar-refractivity contribution in [2.24, 2.45) is 0 Å². The van der Waals surface area contributed by atoms with E-state index in [1.807, 2.05) is 0 Å². The van der Waals surface area contributed by atoms with E-state index in [1.165, 1.54) is 31.4 Å². The van der Waals surface area contributed by atoms with E-state index in [0.717, 1.165) is 12.8 Å². The van der Waals surface area contributed by atoms with Crippen LogP contribution in [-0.2, 0) is 14.3 Å². The lowest BCUT2D eigenvalue weighted by Gasteiger charge is -2.20. The van der Waals surface area contributed by atoms with Crippen LogP contribution in [-0.4, -0.2) is 48.9 Å². The van der Waals surface area contributed by atoms with Gasteiger partial charge in [-0.05, 0) is 37.1 Å². The molecular formula is C16H20N2O6. The summed E-state index contributed by atoms with van der Waals surface area (Å²) in [5.41, 5.74) is 0.313. The van der Waals surface area contributed by atoms with E-state index in [2.05, 4.69) is 15.4 Å². The fourth-order valence-corrected chi connectivity index (χ4v) is 2.32. The van der Waals surface area contributed by atoms with E-state index in [-0.39, 0.29) is 6.42 Å². The summed E-state index contributed by atoms with van der Waals surface area (Å²) in [6, 6.07) is 5.01. The second kappa shape index (κ2) is 7.31. The number of hydrogen-bond donors (Lipinski definition) is 3. The van der Waals surface area contributed by atoms with Crippen LogP contribution in [0.3, 0.4) is 0 Å². The number of carboxylic acids is 1. The molecule has 0 spiro atoms. The number of amides is 2. The molecule has 1 aromatic rings. The fraction of sp³-hybridized carbons (Fsp3) is 0.438. The van der Waals surface area contributed by atoms with Crippen molar-refractivity contribution in [1.29, 1.82) is 0 Å². The number of methoxy groups -OCH3 is 2. The Morgan fingerprint density at radius 1 is 1.21 bits per heavy atom. The van der Waals surface area contributed by atoms with Crippen molar-refractivity contribution < 1.29 is 29.0 Å². The molecule has 1 fully saturated rings. The van der Waals surface area contributed by atoms with Gasteiger partial charge >= 0.3 is 12.1 Å². The Morgan fingerprint density at radius 3 is 2.29 bits per heavy atom. The zero-order valence-corrected chi connectivity index (χ0v) is 13.5. The minimum atomic E-state index is -1.10. The van der Waals surface area contributed by atoms with Crippen molar-refractivity contribution in [1.82, 2.24) is 5.32 Å². The summed E-state index contributed by atoms with van der Waals surface area (Å²) in [7, 11) is 2.79. The summed E-state index contributed by atoms with van der Waals surface area (Å²) in [6.07, 6.45) is 1.19. The fourth-order valence-electron chi connectivity index (χ4n) is 2.32. The van der Waals surface area contributed by atoms with Crippen LogP contribution >= 0.6 is 0 Å². The standard InChI is InChI=1S/C16H20N2O6/c1-23-15(22)17-11-5-3-10(4-6-11)13(19)18-12(14(20)21)9-16(24-2)7-8-16/h3-6,12H,7-9H2,1-2H3,(H,17,22)(H,18,19)(H,20,21). The molecule has 8 nitrogen and oxygen atoms in total. The number of anilines is 1. The Hall–Kier alpha value is -2.61. The van der Waals surface area contributed by atoms with Crippen LogP contribution in [0.15, 0.2) is 24.3 Å². The molecule has 1 aromatic carbocycles. The van der Waals surface area contributed by atoms with E-state index < -0.39 is 29.6 Å². The largest absolute Gasteiger partial charge is 0.480 e. The van der Waals surface area contributed by atoms with E-state index in [9.17, 15) is 19.5 Å². The second-order valence-electron chi connectivity index (χ2n) is 5.65. The number of carbonyl (C=O) groups excluding carboxylic acids is 2. The molecule has 0 bridgehead atoms. The van der Waals surface area contributed by atoms with Gasteiger partial charge in [0.15, 0.2) is 0 Å². The molecule has 1 aliphatic rings. The number of aliphatic carboxylic acids is 1. The van der Waals surface area contributed by atoms with Crippen LogP contribution in [0, 0.1) is 0 Å². The average Bonchev–Trinajstić information content (AvgIpc) is 3.34. The number of rotatable bonds is 7. The average molecular weight is 336 g/mol. The molecule has 0 radical (unpaired) electrons. The zero-order chi connectivity index (χ0) is 17.7. The highest BCUT2D eigenvalue weighted by Crippen LogP contribution is 2.42. The number of carboxylic acid groups (broad SMARTS) is 1. The van der Waals surface area contributed by atoms with Gasteiger partial charge in [-0.1, -0.05) is 0 Å². The van der Waals surface area contributed by atoms with Gasteiger partial charge in [0.25, 0.3) is 5.91 Å². The maximum atomic E-state index is 12.2. The van der Waals surface area contributed by atoms with Crippen molar-refractivity contribution in [3.8, 4) is 0 Å². The van der Waals surface area contributed by atoms with Crippen LogP contribution in [0.5, 0.6) is 0 Å². The number of carbonyl (C=O) groups is 3. The Morgan fingerprint density at radius 2 is 1.83 bits per heavy atom. The molecule has 2 amide bonds. The number of nitrogens with one attached hydrogen (secondary N) is 2. The third-order valence-corrected chi connectivity index (χ3v) is 4.00. The smallest absolute Gasteiger partial charge is 0.411 e. The van der Waals surface area contributed by atoms with Crippen LogP contribution in [0.25, 0.3) is 0 Å². The van der Waals surface area contributed by atoms with Crippen molar-refractivity contribution in [2.75, 3.05) is 19.5 Å². The molecule has 1 unspecified atom stereocenters. The third-order valence-electron chi connectivity index (χ3n) is 4.00. The van der Waals surface area contributed by atoms with Gasteiger partial charge in [-0.3, -0.25) is 10.1 Å². The zero-order valence-electron chi connectivity index (χ0n) is 13.5. The minimum absolute atomic E-state index is 0.229. The molecule has 2 rings (SSSR count). The molecule has 1 aliphatic carbocycles. The Kier molecular flexibility index (Phi) is 5.40. The Balaban J connectivity index is 1.99. The first-order valence-corrected chi connectivity index (χ1v) is 7.43. The molecule has 8 heteroatoms. The number of ether oxygens (including phenoxy) is 2. The molecule has 1 saturated carbocycles. The lowest BCUT2D eigenvalue weighted by molar-refractivity contribution is -0.140. The van der Waals surface area contributed by atoms with Gasteiger partial charge in [-0.15, -0.1) is 0 Å². The molecule has 1 atom stereocenters. The predicted octanol–water partition coefficient (Wildman–Crippen LogP) is 1.62. The van der Waals surface area contributed by atoms with Gasteiger partial charge in [0, 0.05) is 24.8 Å². The number of benzene rings is 1. The minimum Gasteiger partial charge on any atom is -0.480 e. The van der Waals surface area contributed by atoms with Crippen LogP contribution in [0.1, 0.15) is 29.6 Å². The molecule has 0 saturated heterocycles. The molecule has 0 heterocycles. The Labute approximate surface area is 139 Å². The van der Waals surface area contributed by atoms with Crippen molar-refractivity contribution in [3.05, 3.63) is 29.8 Å². The predicted molar refractivity (Wildman–Crippen MR) is 85.0 cm³/mol. The molecule has 0 aromatic heterocycles. The summed E-state index contributed by atoms with van der Waals surface area (Å²) in [4.78, 5) is 34.7. The van der Waals surface area contributed by atoms with Gasteiger partial charge < -0.3 is 19.9 Å². The van der Waals surface area contributed by atoms with Gasteiger partial charge in [-0.2, -0.15) is 0 Å². The normalized spacial score (nSPS) is 15.9. The van der Waals surface area contributed by atoms with Crippen LogP contribution in [0.2, 0.25) is 0 Å². The summed E-state index contributed by atoms with van der Waals surface area (Å²) >= 11 is 0. The molecule has 3 N–H and O–H groups in total. The highest BCUT2D eigenvalue weighted by atomic mass is 16.5. The van der Waals surface area contributed by atoms with Crippen molar-refractivity contribution in [3.63, 3.8) is 0 Å². The molecule has 130 valence electrons. The van der Waals surface area contributed by atoms with Crippen LogP contribution < -0.4 is 10.6 Å². The summed E-state index contributed by atoms with van der Waals surface area (Å²) in [6.45, 7) is 0. The first-order chi connectivity index (χ1) is 11.4. The van der Waals surface area contributed by atoms with E-state index in [0.29, 0.717) is 11.3 Å². The van der Waals surface area contributed by atoms with Gasteiger partial charge in [0.2, 0.25) is 0 Å². The van der Waals surface area contributed by atoms with E-state index in [1.54, 1.807) is 7.11 Å². The first kappa shape index (κ1) is 17.7. The quantitative estimate of drug-likeness (QED) is 0.697. The van der Waals surface area contributed by atoms with E-state index >= 15 is 0 Å². The maximum Gasteiger partial charge on any atom is 0.411 e. The lowest BCUT2D eigenvalue weighted by Crippen LogP contribution is -2.43. The monoisotopic (exact) mass is 336 g/mol. The summed E-state index contributed by atoms with van der Waals surface area (Å²) in [5, 5.41) is 14.3. The van der Waals surface area contributed by atoms with Gasteiger partial charge in [-0.25, -0.2) is 9.59 Å². The maximum absolute atomic E-state index is 12.2. The molecule has 24 heavy (non-hydrogen) atoms. The van der Waals surface area contributed by atoms with Crippen molar-refractivity contribution >= 4 is 23.7 Å². The second-order valence-corrected chi connectivity index (χ2v) is 5.65. The lowest BCUT2D eigenvalue weighted by atomic mass is 10.1.